The van der Waals surface area contributed by atoms with E-state index >= 15 is 0 Å². The first-order chi connectivity index (χ1) is 13.6. The minimum atomic E-state index is -0.690. The predicted octanol–water partition coefficient (Wildman–Crippen LogP) is 3.81. The Morgan fingerprint density at radius 3 is 1.93 bits per heavy atom. The summed E-state index contributed by atoms with van der Waals surface area (Å²) in [4.78, 5) is 34.3. The molecular formula is C22H37N3O3S. The maximum atomic E-state index is 12.0. The topological polar surface area (TPSA) is 87.3 Å². The molecule has 0 radical (unpaired) electrons. The number of amides is 3. The molecule has 0 fully saturated rings. The average Bonchev–Trinajstić information content (AvgIpc) is 2.61. The van der Waals surface area contributed by atoms with Gasteiger partial charge in [0.05, 0.1) is 0 Å². The minimum Gasteiger partial charge on any atom is -0.344 e. The molecule has 3 amide bonds. The Hall–Kier alpha value is -2.02. The highest BCUT2D eigenvalue weighted by molar-refractivity contribution is 7.99. The van der Waals surface area contributed by atoms with Gasteiger partial charge in [0, 0.05) is 25.4 Å². The van der Waals surface area contributed by atoms with E-state index in [4.69, 9.17) is 0 Å². The quantitative estimate of drug-likeness (QED) is 0.253. The van der Waals surface area contributed by atoms with E-state index in [1.807, 2.05) is 0 Å². The zero-order valence-electron chi connectivity index (χ0n) is 18.7. The number of allylic oxidation sites excluding steroid dienone is 5. The number of carbonyl (C=O) groups is 3. The molecule has 0 bridgehead atoms. The molecule has 0 heterocycles. The molecule has 1 atom stereocenters. The second kappa shape index (κ2) is 15.9. The van der Waals surface area contributed by atoms with Crippen molar-refractivity contribution >= 4 is 29.5 Å². The van der Waals surface area contributed by atoms with Crippen LogP contribution in [-0.4, -0.2) is 35.3 Å². The summed E-state index contributed by atoms with van der Waals surface area (Å²) in [7, 11) is 0. The third-order valence-corrected chi connectivity index (χ3v) is 4.98. The van der Waals surface area contributed by atoms with E-state index in [2.05, 4.69) is 62.1 Å². The number of hydrogen-bond acceptors (Lipinski definition) is 4. The van der Waals surface area contributed by atoms with Crippen LogP contribution in [0.1, 0.15) is 67.2 Å². The van der Waals surface area contributed by atoms with Gasteiger partial charge < -0.3 is 5.32 Å². The van der Waals surface area contributed by atoms with Crippen molar-refractivity contribution < 1.29 is 14.4 Å². The molecule has 0 aromatic rings. The fourth-order valence-corrected chi connectivity index (χ4v) is 3.40. The highest BCUT2D eigenvalue weighted by Gasteiger charge is 2.19. The van der Waals surface area contributed by atoms with Gasteiger partial charge in [-0.05, 0) is 53.4 Å². The second-order valence-electron chi connectivity index (χ2n) is 7.42. The van der Waals surface area contributed by atoms with Crippen molar-refractivity contribution in [3.8, 4) is 0 Å². The summed E-state index contributed by atoms with van der Waals surface area (Å²) in [6.45, 7) is 11.2. The molecule has 164 valence electrons. The smallest absolute Gasteiger partial charge is 0.261 e. The Labute approximate surface area is 180 Å². The summed E-state index contributed by atoms with van der Waals surface area (Å²) in [6, 6.07) is -0.690. The first-order valence-electron chi connectivity index (χ1n) is 9.97. The molecule has 7 heteroatoms. The largest absolute Gasteiger partial charge is 0.344 e. The Morgan fingerprint density at radius 1 is 0.793 bits per heavy atom. The van der Waals surface area contributed by atoms with Gasteiger partial charge in [-0.1, -0.05) is 34.9 Å². The molecule has 6 nitrogen and oxygen atoms in total. The van der Waals surface area contributed by atoms with Crippen molar-refractivity contribution in [1.82, 2.24) is 16.2 Å². The second-order valence-corrected chi connectivity index (χ2v) is 8.50. The Morgan fingerprint density at radius 2 is 1.38 bits per heavy atom. The Kier molecular flexibility index (Phi) is 14.7. The highest BCUT2D eigenvalue weighted by Crippen LogP contribution is 2.13. The summed E-state index contributed by atoms with van der Waals surface area (Å²) in [5.41, 5.74) is 8.64. The molecule has 29 heavy (non-hydrogen) atoms. The Balaban J connectivity index is 4.31. The third-order valence-electron chi connectivity index (χ3n) is 4.01. The van der Waals surface area contributed by atoms with Gasteiger partial charge >= 0.3 is 0 Å². The lowest BCUT2D eigenvalue weighted by Crippen LogP contribution is -2.52. The van der Waals surface area contributed by atoms with E-state index in [1.54, 1.807) is 11.8 Å². The predicted molar refractivity (Wildman–Crippen MR) is 122 cm³/mol. The SMILES string of the molecule is CC(=O)NNC(=O)[C@H](CSC/C=C(\C)CC/C=C(\C)CCC=C(C)C)NC(C)=O. The van der Waals surface area contributed by atoms with Crippen LogP contribution in [0.4, 0.5) is 0 Å². The number of carbonyl (C=O) groups excluding carboxylic acids is 3. The van der Waals surface area contributed by atoms with Gasteiger partial charge in [0.15, 0.2) is 0 Å². The maximum Gasteiger partial charge on any atom is 0.261 e. The normalized spacial score (nSPS) is 12.8. The standard InChI is InChI=1S/C22H37N3O3S/c1-16(2)9-7-10-17(3)11-8-12-18(4)13-14-29-15-21(23-19(5)26)22(28)25-24-20(6)27/h9,11,13,21H,7-8,10,12,14-15H2,1-6H3,(H,23,26)(H,24,27)(H,25,28)/b17-11+,18-13+/t21-/m0/s1. The number of hydrogen-bond donors (Lipinski definition) is 3. The fourth-order valence-electron chi connectivity index (χ4n) is 2.39. The lowest BCUT2D eigenvalue weighted by Gasteiger charge is -2.17. The van der Waals surface area contributed by atoms with Crippen molar-refractivity contribution in [1.29, 1.82) is 0 Å². The van der Waals surface area contributed by atoms with Crippen LogP contribution in [0, 0.1) is 0 Å². The highest BCUT2D eigenvalue weighted by atomic mass is 32.2. The van der Waals surface area contributed by atoms with Crippen LogP contribution in [0.2, 0.25) is 0 Å². The zero-order valence-corrected chi connectivity index (χ0v) is 19.5. The van der Waals surface area contributed by atoms with Gasteiger partial charge in [-0.25, -0.2) is 0 Å². The zero-order chi connectivity index (χ0) is 22.2. The van der Waals surface area contributed by atoms with Crippen molar-refractivity contribution in [2.75, 3.05) is 11.5 Å². The molecule has 3 N–H and O–H groups in total. The van der Waals surface area contributed by atoms with E-state index in [0.29, 0.717) is 5.75 Å². The molecule has 0 aromatic carbocycles. The van der Waals surface area contributed by atoms with Gasteiger partial charge in [-0.3, -0.25) is 25.2 Å². The molecule has 0 saturated carbocycles. The first kappa shape index (κ1) is 27.0. The number of nitrogens with one attached hydrogen (secondary N) is 3. The summed E-state index contributed by atoms with van der Waals surface area (Å²) < 4.78 is 0. The first-order valence-corrected chi connectivity index (χ1v) is 11.1. The molecule has 0 aliphatic carbocycles. The molecule has 0 aliphatic rings. The van der Waals surface area contributed by atoms with Crippen LogP contribution in [-0.2, 0) is 14.4 Å². The van der Waals surface area contributed by atoms with Crippen molar-refractivity contribution in [2.24, 2.45) is 0 Å². The van der Waals surface area contributed by atoms with Crippen LogP contribution in [0.25, 0.3) is 0 Å². The lowest BCUT2D eigenvalue weighted by atomic mass is 10.1. The van der Waals surface area contributed by atoms with E-state index in [9.17, 15) is 14.4 Å². The molecular weight excluding hydrogens is 386 g/mol. The Bertz CT molecular complexity index is 635. The molecule has 0 rings (SSSR count). The maximum absolute atomic E-state index is 12.0. The van der Waals surface area contributed by atoms with Gasteiger partial charge in [-0.2, -0.15) is 11.8 Å². The summed E-state index contributed by atoms with van der Waals surface area (Å²) >= 11 is 1.56. The molecule has 0 unspecified atom stereocenters. The molecule has 0 aliphatic heterocycles. The van der Waals surface area contributed by atoms with Gasteiger partial charge in [0.1, 0.15) is 6.04 Å². The van der Waals surface area contributed by atoms with Crippen LogP contribution in [0.3, 0.4) is 0 Å². The molecule has 0 saturated heterocycles. The van der Waals surface area contributed by atoms with Crippen LogP contribution in [0.15, 0.2) is 34.9 Å². The van der Waals surface area contributed by atoms with Gasteiger partial charge in [0.25, 0.3) is 5.91 Å². The van der Waals surface area contributed by atoms with E-state index in [0.717, 1.165) is 31.4 Å². The van der Waals surface area contributed by atoms with Crippen molar-refractivity contribution in [3.05, 3.63) is 34.9 Å². The lowest BCUT2D eigenvalue weighted by molar-refractivity contribution is -0.130. The van der Waals surface area contributed by atoms with Gasteiger partial charge in [-0.15, -0.1) is 0 Å². The number of thioether (sulfide) groups is 1. The van der Waals surface area contributed by atoms with Crippen LogP contribution in [0.5, 0.6) is 0 Å². The molecule has 0 aromatic heterocycles. The number of rotatable bonds is 12. The van der Waals surface area contributed by atoms with Crippen molar-refractivity contribution in [2.45, 2.75) is 73.3 Å². The number of hydrazine groups is 1. The average molecular weight is 424 g/mol. The monoisotopic (exact) mass is 423 g/mol. The van der Waals surface area contributed by atoms with Gasteiger partial charge in [0.2, 0.25) is 11.8 Å². The van der Waals surface area contributed by atoms with Crippen molar-refractivity contribution in [3.63, 3.8) is 0 Å². The minimum absolute atomic E-state index is 0.285. The molecule has 0 spiro atoms. The van der Waals surface area contributed by atoms with Crippen LogP contribution >= 0.6 is 11.8 Å². The van der Waals surface area contributed by atoms with Crippen LogP contribution < -0.4 is 16.2 Å². The van der Waals surface area contributed by atoms with E-state index in [-0.39, 0.29) is 11.8 Å². The summed E-state index contributed by atoms with van der Waals surface area (Å²) in [5.74, 6) is 0.105. The van der Waals surface area contributed by atoms with E-state index in [1.165, 1.54) is 30.6 Å². The van der Waals surface area contributed by atoms with E-state index < -0.39 is 11.9 Å². The summed E-state index contributed by atoms with van der Waals surface area (Å²) in [5, 5.41) is 2.61. The fraction of sp³-hybridized carbons (Fsp3) is 0.591. The third kappa shape index (κ3) is 16.6. The summed E-state index contributed by atoms with van der Waals surface area (Å²) in [6.07, 6.45) is 11.0.